The van der Waals surface area contributed by atoms with Gasteiger partial charge in [0.25, 0.3) is 0 Å². The van der Waals surface area contributed by atoms with Crippen LogP contribution in [0.15, 0.2) is 230 Å². The van der Waals surface area contributed by atoms with Crippen molar-refractivity contribution in [3.8, 4) is 51.6 Å². The molecule has 27 nitrogen and oxygen atoms in total. The molecule has 6 aliphatic heterocycles. The summed E-state index contributed by atoms with van der Waals surface area (Å²) in [6, 6.07) is 37.9. The first kappa shape index (κ1) is 76.1. The van der Waals surface area contributed by atoms with Crippen LogP contribution in [0.5, 0.6) is 17.2 Å². The zero-order chi connectivity index (χ0) is 78.5. The SMILES string of the molecule is CN1CC(Oc2cccc([C@@H](O)c3cc4c(cn3)CN(S(=O)(=O)c3ccc(-c5ncco5)c(F)c3)C4)c2)C1.CN1CC(Oc2cccc([C@H](O)c3cc4c(cn3)CN(S(=O)(=O)c3ccc(-c5ncco5)c(F)c3)C4)c2)C1.O=S(=O)(c1ccc(-c2ncco2)c(F)c1)N1Cc2cnc(C(O)c3cccc(OC4CNC4)c3)cc2C1. The van der Waals surface area contributed by atoms with E-state index in [1.54, 1.807) is 73.2 Å². The summed E-state index contributed by atoms with van der Waals surface area (Å²) >= 11 is 0. The molecule has 3 fully saturated rings. The van der Waals surface area contributed by atoms with Gasteiger partial charge in [0.15, 0.2) is 0 Å². The lowest BCUT2D eigenvalue weighted by Crippen LogP contribution is -2.51. The molecule has 4 N–H and O–H groups in total. The Morgan fingerprint density at radius 1 is 0.398 bits per heavy atom. The van der Waals surface area contributed by atoms with Crippen molar-refractivity contribution < 1.29 is 81.2 Å². The molecular formula is C80H73F3N12O15S3. The van der Waals surface area contributed by atoms with Crippen molar-refractivity contribution in [1.29, 1.82) is 0 Å². The first-order valence-electron chi connectivity index (χ1n) is 35.9. The van der Waals surface area contributed by atoms with Gasteiger partial charge < -0.3 is 48.1 Å². The number of nitrogens with one attached hydrogen (secondary N) is 1. The van der Waals surface area contributed by atoms with Crippen molar-refractivity contribution in [3.05, 3.63) is 286 Å². The number of rotatable bonds is 21. The van der Waals surface area contributed by atoms with E-state index in [1.807, 2.05) is 50.5 Å². The molecule has 6 aromatic heterocycles. The fourth-order valence-corrected chi connectivity index (χ4v) is 18.1. The number of pyridine rings is 3. The first-order valence-corrected chi connectivity index (χ1v) is 40.2. The number of fused-ring (bicyclic) bond motifs is 3. The maximum Gasteiger partial charge on any atom is 0.243 e. The van der Waals surface area contributed by atoms with Crippen molar-refractivity contribution in [3.63, 3.8) is 0 Å². The van der Waals surface area contributed by atoms with Crippen LogP contribution in [-0.2, 0) is 69.3 Å². The van der Waals surface area contributed by atoms with Crippen molar-refractivity contribution in [2.24, 2.45) is 0 Å². The summed E-state index contributed by atoms with van der Waals surface area (Å²) in [6.45, 7) is 5.56. The third-order valence-electron chi connectivity index (χ3n) is 20.2. The van der Waals surface area contributed by atoms with Gasteiger partial charge >= 0.3 is 0 Å². The van der Waals surface area contributed by atoms with Crippen molar-refractivity contribution in [1.82, 2.24) is 57.9 Å². The summed E-state index contributed by atoms with van der Waals surface area (Å²) in [4.78, 5) is 28.7. The highest BCUT2D eigenvalue weighted by molar-refractivity contribution is 7.89. The Bertz CT molecular complexity index is 5630. The predicted molar refractivity (Wildman–Crippen MR) is 400 cm³/mol. The number of ether oxygens (including phenoxy) is 3. The summed E-state index contributed by atoms with van der Waals surface area (Å²) in [7, 11) is -7.90. The molecule has 33 heteroatoms. The molecule has 0 saturated carbocycles. The van der Waals surface area contributed by atoms with E-state index in [0.29, 0.717) is 51.0 Å². The van der Waals surface area contributed by atoms with Gasteiger partial charge in [0, 0.05) is 97.1 Å². The minimum atomic E-state index is -3.99. The molecule has 1 unspecified atom stereocenters. The van der Waals surface area contributed by atoms with Gasteiger partial charge in [-0.3, -0.25) is 24.8 Å². The number of hydrogen-bond acceptors (Lipinski definition) is 24. The number of oxazole rings is 3. The van der Waals surface area contributed by atoms with Gasteiger partial charge in [-0.25, -0.2) is 53.4 Å². The lowest BCUT2D eigenvalue weighted by Gasteiger charge is -2.36. The Kier molecular flexibility index (Phi) is 21.3. The lowest BCUT2D eigenvalue weighted by molar-refractivity contribution is 0.0385. The normalized spacial score (nSPS) is 17.1. The van der Waals surface area contributed by atoms with Gasteiger partial charge in [-0.1, -0.05) is 36.4 Å². The van der Waals surface area contributed by atoms with Crippen molar-refractivity contribution >= 4 is 30.1 Å². The summed E-state index contributed by atoms with van der Waals surface area (Å²) < 4.78 is 161. The van der Waals surface area contributed by atoms with Crippen LogP contribution in [0.4, 0.5) is 13.2 Å². The number of aliphatic hydroxyl groups is 3. The number of halogens is 3. The molecular weight excluding hydrogens is 1520 g/mol. The van der Waals surface area contributed by atoms with Crippen LogP contribution < -0.4 is 19.5 Å². The average Bonchev–Trinajstić information content (AvgIpc) is 1.65. The van der Waals surface area contributed by atoms with Gasteiger partial charge in [0.2, 0.25) is 47.7 Å². The number of aliphatic hydroxyl groups excluding tert-OH is 3. The van der Waals surface area contributed by atoms with Gasteiger partial charge in [0.05, 0.1) is 67.0 Å². The summed E-state index contributed by atoms with van der Waals surface area (Å²) in [5, 5.41) is 36.2. The highest BCUT2D eigenvalue weighted by atomic mass is 32.2. The second-order valence-electron chi connectivity index (χ2n) is 28.1. The number of likely N-dealkylation sites (N-methyl/N-ethyl adjacent to an activating group) is 2. The second-order valence-corrected chi connectivity index (χ2v) is 33.9. The fraction of sp³-hybridized carbons (Fsp3) is 0.250. The van der Waals surface area contributed by atoms with Gasteiger partial charge in [-0.2, -0.15) is 12.9 Å². The second kappa shape index (κ2) is 31.6. The summed E-state index contributed by atoms with van der Waals surface area (Å²) in [5.41, 5.74) is 7.74. The molecule has 3 atom stereocenters. The highest BCUT2D eigenvalue weighted by Crippen LogP contribution is 2.39. The zero-order valence-corrected chi connectivity index (χ0v) is 63.0. The molecule has 6 aliphatic rings. The molecule has 113 heavy (non-hydrogen) atoms. The summed E-state index contributed by atoms with van der Waals surface area (Å²) in [5.74, 6) is 0.0212. The number of nitrogens with zero attached hydrogens (tertiary/aromatic N) is 11. The summed E-state index contributed by atoms with van der Waals surface area (Å²) in [6.07, 6.45) is 10.2. The van der Waals surface area contributed by atoms with E-state index in [2.05, 4.69) is 45.0 Å². The zero-order valence-electron chi connectivity index (χ0n) is 60.5. The molecule has 0 aliphatic carbocycles. The molecule has 0 spiro atoms. The maximum atomic E-state index is 14.7. The minimum absolute atomic E-state index is 0.0735. The van der Waals surface area contributed by atoms with E-state index in [1.165, 1.54) is 86.7 Å². The standard InChI is InChI=1S/2C27H25FN4O5S.C26H23FN4O5S/c2*1-31-15-21(16-31)37-20-4-2-3-17(9-20)26(33)25-10-18-13-32(14-19(18)12-30-25)38(34,35)22-5-6-23(24(28)11-22)27-29-7-8-36-27;27-23-10-21(4-5-22(23)26-29-6-7-35-26)37(33,34)31-14-17-9-24(30-11-18(17)15-31)25(32)16-2-1-3-19(8-16)36-20-12-28-13-20/h2*2-12,21,26,33H,13-16H2,1H3;1-11,20,25,28,32H,12-15H2/t2*26-;/m10./s1. The third kappa shape index (κ3) is 16.1. The number of hydrogen-bond donors (Lipinski definition) is 4. The Labute approximate surface area is 647 Å². The Balaban J connectivity index is 0.000000128. The van der Waals surface area contributed by atoms with Gasteiger partial charge in [0.1, 0.15) is 90.1 Å². The van der Waals surface area contributed by atoms with Crippen LogP contribution in [0.3, 0.4) is 0 Å². The van der Waals surface area contributed by atoms with Crippen LogP contribution >= 0.6 is 0 Å². The van der Waals surface area contributed by atoms with Crippen molar-refractivity contribution in [2.75, 3.05) is 53.4 Å². The topological polar surface area (TPSA) is 336 Å². The van der Waals surface area contributed by atoms with E-state index in [4.69, 9.17) is 27.5 Å². The Morgan fingerprint density at radius 3 is 0.965 bits per heavy atom. The van der Waals surface area contributed by atoms with E-state index in [-0.39, 0.29) is 107 Å². The number of benzene rings is 6. The van der Waals surface area contributed by atoms with E-state index in [0.717, 1.165) is 90.8 Å². The van der Waals surface area contributed by atoms with E-state index in [9.17, 15) is 53.7 Å². The monoisotopic (exact) mass is 1590 g/mol. The Hall–Kier alpha value is -10.9. The molecule has 3 saturated heterocycles. The fourth-order valence-electron chi connectivity index (χ4n) is 13.9. The van der Waals surface area contributed by atoms with Crippen LogP contribution in [0, 0.1) is 17.5 Å². The van der Waals surface area contributed by atoms with E-state index >= 15 is 0 Å². The maximum absolute atomic E-state index is 14.7. The minimum Gasteiger partial charge on any atom is -0.488 e. The number of aromatic nitrogens is 6. The molecule has 0 radical (unpaired) electrons. The molecule has 6 aromatic carbocycles. The smallest absolute Gasteiger partial charge is 0.243 e. The third-order valence-corrected chi connectivity index (χ3v) is 25.6. The number of sulfonamides is 3. The Morgan fingerprint density at radius 2 is 0.699 bits per heavy atom. The molecule has 12 aromatic rings. The van der Waals surface area contributed by atoms with E-state index < -0.39 is 65.8 Å². The number of likely N-dealkylation sites (tertiary alicyclic amines) is 2. The van der Waals surface area contributed by atoms with Crippen LogP contribution in [-0.4, -0.2) is 165 Å². The lowest BCUT2D eigenvalue weighted by atomic mass is 10.0. The van der Waals surface area contributed by atoms with Gasteiger partial charge in [-0.15, -0.1) is 0 Å². The molecule has 18 rings (SSSR count). The first-order chi connectivity index (χ1) is 54.4. The highest BCUT2D eigenvalue weighted by Gasteiger charge is 2.37. The van der Waals surface area contributed by atoms with Crippen LogP contribution in [0.2, 0.25) is 0 Å². The van der Waals surface area contributed by atoms with Gasteiger partial charge in [-0.05, 0) is 173 Å². The van der Waals surface area contributed by atoms with Crippen molar-refractivity contribution in [2.45, 2.75) is 90.6 Å². The molecule has 0 bridgehead atoms. The largest absolute Gasteiger partial charge is 0.488 e. The van der Waals surface area contributed by atoms with Crippen LogP contribution in [0.25, 0.3) is 34.4 Å². The predicted octanol–water partition coefficient (Wildman–Crippen LogP) is 9.72. The quantitative estimate of drug-likeness (QED) is 0.0520. The molecule has 0 amide bonds. The van der Waals surface area contributed by atoms with Crippen LogP contribution in [0.1, 0.15) is 85.5 Å². The average molecular weight is 1600 g/mol. The molecule has 12 heterocycles. The molecule has 582 valence electrons.